The first-order valence-corrected chi connectivity index (χ1v) is 8.29. The Morgan fingerprint density at radius 3 is 2.41 bits per heavy atom. The van der Waals surface area contributed by atoms with Gasteiger partial charge in [0.2, 0.25) is 0 Å². The molecule has 0 aliphatic carbocycles. The minimum Gasteiger partial charge on any atom is -0.508 e. The van der Waals surface area contributed by atoms with E-state index in [9.17, 15) is 5.11 Å². The molecule has 0 amide bonds. The van der Waals surface area contributed by atoms with Gasteiger partial charge in [0.1, 0.15) is 10.8 Å². The molecule has 4 heteroatoms. The van der Waals surface area contributed by atoms with E-state index in [1.807, 2.05) is 12.1 Å². The molecule has 0 saturated heterocycles. The first-order chi connectivity index (χ1) is 10.5. The fraction of sp³-hybridized carbons (Fsp3) is 0.278. The molecule has 114 valence electrons. The maximum absolute atomic E-state index is 9.39. The second-order valence-corrected chi connectivity index (χ2v) is 6.69. The van der Waals surface area contributed by atoms with Crippen molar-refractivity contribution >= 4 is 11.3 Å². The van der Waals surface area contributed by atoms with Gasteiger partial charge in [-0.1, -0.05) is 0 Å². The highest BCUT2D eigenvalue weighted by atomic mass is 32.1. The molecule has 0 aliphatic rings. The summed E-state index contributed by atoms with van der Waals surface area (Å²) in [5.41, 5.74) is 5.78. The first-order valence-electron chi connectivity index (χ1n) is 7.41. The molecule has 0 bridgehead atoms. The maximum Gasteiger partial charge on any atom is 0.124 e. The quantitative estimate of drug-likeness (QED) is 0.723. The number of thiazole rings is 1. The van der Waals surface area contributed by atoms with Gasteiger partial charge in [0.15, 0.2) is 0 Å². The fourth-order valence-corrected chi connectivity index (χ4v) is 3.79. The fourth-order valence-electron chi connectivity index (χ4n) is 2.97. The highest BCUT2D eigenvalue weighted by molar-refractivity contribution is 7.13. The molecule has 0 fully saturated rings. The van der Waals surface area contributed by atoms with Crippen molar-refractivity contribution in [3.05, 3.63) is 47.1 Å². The number of aromatic hydroxyl groups is 1. The third-order valence-corrected chi connectivity index (χ3v) is 4.79. The van der Waals surface area contributed by atoms with Gasteiger partial charge in [-0.15, -0.1) is 11.3 Å². The van der Waals surface area contributed by atoms with E-state index in [0.29, 0.717) is 6.04 Å². The Balaban J connectivity index is 2.01. The molecular weight excluding hydrogens is 292 g/mol. The summed E-state index contributed by atoms with van der Waals surface area (Å²) in [6.07, 6.45) is 0. The van der Waals surface area contributed by atoms with E-state index < -0.39 is 0 Å². The predicted octanol–water partition coefficient (Wildman–Crippen LogP) is 5.18. The highest BCUT2D eigenvalue weighted by Gasteiger charge is 2.15. The van der Waals surface area contributed by atoms with Gasteiger partial charge in [0.25, 0.3) is 0 Å². The molecule has 3 nitrogen and oxygen atoms in total. The molecule has 3 aromatic rings. The van der Waals surface area contributed by atoms with Crippen molar-refractivity contribution < 1.29 is 5.11 Å². The number of rotatable bonds is 3. The Bertz CT molecular complexity index is 797. The topological polar surface area (TPSA) is 38.1 Å². The van der Waals surface area contributed by atoms with E-state index in [1.54, 1.807) is 23.5 Å². The van der Waals surface area contributed by atoms with Gasteiger partial charge in [0, 0.05) is 33.9 Å². The zero-order valence-corrected chi connectivity index (χ0v) is 14.1. The smallest absolute Gasteiger partial charge is 0.124 e. The van der Waals surface area contributed by atoms with Crippen LogP contribution in [0.1, 0.15) is 31.3 Å². The summed E-state index contributed by atoms with van der Waals surface area (Å²) in [7, 11) is 0. The van der Waals surface area contributed by atoms with Crippen molar-refractivity contribution in [2.75, 3.05) is 0 Å². The first kappa shape index (κ1) is 14.9. The zero-order valence-electron chi connectivity index (χ0n) is 13.3. The summed E-state index contributed by atoms with van der Waals surface area (Å²) < 4.78 is 2.34. The minimum atomic E-state index is 0.279. The number of aryl methyl sites for hydroxylation is 1. The van der Waals surface area contributed by atoms with Gasteiger partial charge in [-0.3, -0.25) is 0 Å². The summed E-state index contributed by atoms with van der Waals surface area (Å²) in [4.78, 5) is 4.78. The van der Waals surface area contributed by atoms with Crippen molar-refractivity contribution in [1.29, 1.82) is 0 Å². The van der Waals surface area contributed by atoms with Crippen LogP contribution in [0.4, 0.5) is 0 Å². The molecular formula is C18H20N2OS. The van der Waals surface area contributed by atoms with Gasteiger partial charge in [-0.05, 0) is 58.0 Å². The van der Waals surface area contributed by atoms with Crippen LogP contribution in [0.3, 0.4) is 0 Å². The number of phenols is 1. The molecule has 2 aromatic heterocycles. The highest BCUT2D eigenvalue weighted by Crippen LogP contribution is 2.33. The standard InChI is InChI=1S/C18H20N2OS/c1-11(2)20-12(3)9-16(13(20)4)17-10-22-18(19-17)14-5-7-15(21)8-6-14/h5-11,21H,1-4H3. The van der Waals surface area contributed by atoms with Crippen LogP contribution < -0.4 is 0 Å². The second-order valence-electron chi connectivity index (χ2n) is 5.83. The summed E-state index contributed by atoms with van der Waals surface area (Å²) >= 11 is 1.63. The van der Waals surface area contributed by atoms with E-state index in [1.165, 1.54) is 17.0 Å². The van der Waals surface area contributed by atoms with Crippen LogP contribution in [0.2, 0.25) is 0 Å². The molecule has 1 N–H and O–H groups in total. The number of aromatic nitrogens is 2. The molecule has 1 aromatic carbocycles. The second kappa shape index (κ2) is 5.61. The van der Waals surface area contributed by atoms with Crippen molar-refractivity contribution in [2.45, 2.75) is 33.7 Å². The normalized spacial score (nSPS) is 11.3. The SMILES string of the molecule is Cc1cc(-c2csc(-c3ccc(O)cc3)n2)c(C)n1C(C)C. The van der Waals surface area contributed by atoms with Crippen LogP contribution in [0.5, 0.6) is 5.75 Å². The Kier molecular flexibility index (Phi) is 3.79. The van der Waals surface area contributed by atoms with Crippen LogP contribution >= 0.6 is 11.3 Å². The van der Waals surface area contributed by atoms with Crippen LogP contribution in [0, 0.1) is 13.8 Å². The molecule has 0 aliphatic heterocycles. The average molecular weight is 312 g/mol. The molecule has 0 radical (unpaired) electrons. The van der Waals surface area contributed by atoms with Crippen LogP contribution in [0.15, 0.2) is 35.7 Å². The van der Waals surface area contributed by atoms with Gasteiger partial charge >= 0.3 is 0 Å². The third kappa shape index (κ3) is 2.55. The molecule has 2 heterocycles. The van der Waals surface area contributed by atoms with E-state index in [2.05, 4.69) is 43.7 Å². The monoisotopic (exact) mass is 312 g/mol. The molecule has 3 rings (SSSR count). The third-order valence-electron chi connectivity index (χ3n) is 3.90. The van der Waals surface area contributed by atoms with Crippen LogP contribution in [-0.4, -0.2) is 14.7 Å². The Morgan fingerprint density at radius 2 is 1.82 bits per heavy atom. The molecule has 0 saturated carbocycles. The summed E-state index contributed by atoms with van der Waals surface area (Å²) in [5, 5.41) is 12.5. The van der Waals surface area contributed by atoms with E-state index in [0.717, 1.165) is 16.3 Å². The number of hydrogen-bond acceptors (Lipinski definition) is 3. The lowest BCUT2D eigenvalue weighted by atomic mass is 10.2. The minimum absolute atomic E-state index is 0.279. The number of phenolic OH excluding ortho intramolecular Hbond substituents is 1. The maximum atomic E-state index is 9.39. The zero-order chi connectivity index (χ0) is 15.9. The number of nitrogens with zero attached hydrogens (tertiary/aromatic N) is 2. The van der Waals surface area contributed by atoms with Crippen molar-refractivity contribution in [3.63, 3.8) is 0 Å². The van der Waals surface area contributed by atoms with E-state index >= 15 is 0 Å². The summed E-state index contributed by atoms with van der Waals surface area (Å²) in [6.45, 7) is 8.70. The van der Waals surface area contributed by atoms with Crippen molar-refractivity contribution in [1.82, 2.24) is 9.55 Å². The van der Waals surface area contributed by atoms with Crippen LogP contribution in [0.25, 0.3) is 21.8 Å². The lowest BCUT2D eigenvalue weighted by Gasteiger charge is -2.13. The van der Waals surface area contributed by atoms with Gasteiger partial charge in [0.05, 0.1) is 5.69 Å². The lowest BCUT2D eigenvalue weighted by molar-refractivity contribution is 0.475. The van der Waals surface area contributed by atoms with E-state index in [4.69, 9.17) is 4.98 Å². The van der Waals surface area contributed by atoms with Gasteiger partial charge in [-0.25, -0.2) is 4.98 Å². The van der Waals surface area contributed by atoms with Gasteiger partial charge < -0.3 is 9.67 Å². The average Bonchev–Trinajstić information content (AvgIpc) is 3.04. The van der Waals surface area contributed by atoms with E-state index in [-0.39, 0.29) is 5.75 Å². The van der Waals surface area contributed by atoms with Crippen LogP contribution in [-0.2, 0) is 0 Å². The van der Waals surface area contributed by atoms with Gasteiger partial charge in [-0.2, -0.15) is 0 Å². The van der Waals surface area contributed by atoms with Crippen molar-refractivity contribution in [2.24, 2.45) is 0 Å². The Morgan fingerprint density at radius 1 is 1.14 bits per heavy atom. The summed E-state index contributed by atoms with van der Waals surface area (Å²) in [5.74, 6) is 0.279. The Hall–Kier alpha value is -2.07. The predicted molar refractivity (Wildman–Crippen MR) is 92.5 cm³/mol. The van der Waals surface area contributed by atoms with Crippen molar-refractivity contribution in [3.8, 4) is 27.6 Å². The molecule has 0 atom stereocenters. The summed E-state index contributed by atoms with van der Waals surface area (Å²) in [6, 6.07) is 9.85. The molecule has 22 heavy (non-hydrogen) atoms. The molecule has 0 spiro atoms. The Labute approximate surface area is 134 Å². The lowest BCUT2D eigenvalue weighted by Crippen LogP contribution is -2.04. The largest absolute Gasteiger partial charge is 0.508 e. The number of benzene rings is 1. The number of hydrogen-bond donors (Lipinski definition) is 1. The molecule has 0 unspecified atom stereocenters.